The predicted molar refractivity (Wildman–Crippen MR) is 92.6 cm³/mol. The molecule has 0 saturated carbocycles. The normalized spacial score (nSPS) is 11.5. The molecule has 1 N–H and O–H groups in total. The summed E-state index contributed by atoms with van der Waals surface area (Å²) in [6, 6.07) is 13.2. The van der Waals surface area contributed by atoms with E-state index in [1.54, 1.807) is 48.5 Å². The first-order chi connectivity index (χ1) is 11.5. The first-order valence-corrected chi connectivity index (χ1v) is 7.87. The minimum atomic E-state index is -0.931. The summed E-state index contributed by atoms with van der Waals surface area (Å²) < 4.78 is 10.5. The summed E-state index contributed by atoms with van der Waals surface area (Å²) in [6.45, 7) is 3.98. The average molecular weight is 348 g/mol. The van der Waals surface area contributed by atoms with Crippen LogP contribution < -0.4 is 10.1 Å². The van der Waals surface area contributed by atoms with Crippen LogP contribution in [0.15, 0.2) is 48.5 Å². The van der Waals surface area contributed by atoms with Crippen molar-refractivity contribution < 1.29 is 19.1 Å². The lowest BCUT2D eigenvalue weighted by atomic mass is 10.2. The maximum atomic E-state index is 12.1. The molecule has 0 spiro atoms. The molecule has 0 aliphatic carbocycles. The van der Waals surface area contributed by atoms with E-state index in [9.17, 15) is 9.59 Å². The standard InChI is InChI=1S/C18H18ClNO4/c1-3-23-16-10-8-15(9-11-16)20-17(21)12(2)24-18(22)13-4-6-14(19)7-5-13/h4-12H,3H2,1-2H3,(H,20,21)/t12-/m1/s1. The number of nitrogens with one attached hydrogen (secondary N) is 1. The molecule has 2 aromatic rings. The summed E-state index contributed by atoms with van der Waals surface area (Å²) in [6.07, 6.45) is -0.931. The molecular formula is C18H18ClNO4. The van der Waals surface area contributed by atoms with Gasteiger partial charge in [-0.2, -0.15) is 0 Å². The predicted octanol–water partition coefficient (Wildman–Crippen LogP) is 3.92. The topological polar surface area (TPSA) is 64.6 Å². The molecule has 2 aromatic carbocycles. The van der Waals surface area contributed by atoms with E-state index in [2.05, 4.69) is 5.32 Å². The number of amides is 1. The number of carbonyl (C=O) groups excluding carboxylic acids is 2. The fourth-order valence-electron chi connectivity index (χ4n) is 1.91. The van der Waals surface area contributed by atoms with Gasteiger partial charge in [-0.1, -0.05) is 11.6 Å². The Hall–Kier alpha value is -2.53. The van der Waals surface area contributed by atoms with Gasteiger partial charge in [0.05, 0.1) is 12.2 Å². The fourth-order valence-corrected chi connectivity index (χ4v) is 2.04. The van der Waals surface area contributed by atoms with E-state index in [0.717, 1.165) is 5.75 Å². The molecule has 0 unspecified atom stereocenters. The van der Waals surface area contributed by atoms with E-state index >= 15 is 0 Å². The molecule has 2 rings (SSSR count). The van der Waals surface area contributed by atoms with Gasteiger partial charge in [-0.05, 0) is 62.4 Å². The highest BCUT2D eigenvalue weighted by Gasteiger charge is 2.19. The van der Waals surface area contributed by atoms with E-state index in [-0.39, 0.29) is 0 Å². The molecule has 126 valence electrons. The number of ether oxygens (including phenoxy) is 2. The molecule has 0 radical (unpaired) electrons. The highest BCUT2D eigenvalue weighted by atomic mass is 35.5. The van der Waals surface area contributed by atoms with Gasteiger partial charge >= 0.3 is 5.97 Å². The van der Waals surface area contributed by atoms with Gasteiger partial charge in [-0.15, -0.1) is 0 Å². The van der Waals surface area contributed by atoms with Crippen molar-refractivity contribution >= 4 is 29.2 Å². The molecule has 0 aromatic heterocycles. The summed E-state index contributed by atoms with van der Waals surface area (Å²) in [7, 11) is 0. The number of esters is 1. The zero-order valence-electron chi connectivity index (χ0n) is 13.4. The Balaban J connectivity index is 1.91. The van der Waals surface area contributed by atoms with Gasteiger partial charge in [0, 0.05) is 10.7 Å². The van der Waals surface area contributed by atoms with Crippen molar-refractivity contribution in [3.63, 3.8) is 0 Å². The quantitative estimate of drug-likeness (QED) is 0.804. The molecule has 0 fully saturated rings. The van der Waals surface area contributed by atoms with E-state index in [1.165, 1.54) is 6.92 Å². The van der Waals surface area contributed by atoms with Crippen LogP contribution in [0.3, 0.4) is 0 Å². The first kappa shape index (κ1) is 17.8. The third kappa shape index (κ3) is 4.99. The Morgan fingerprint density at radius 2 is 1.71 bits per heavy atom. The van der Waals surface area contributed by atoms with Gasteiger partial charge in [-0.25, -0.2) is 4.79 Å². The molecule has 0 saturated heterocycles. The molecule has 1 amide bonds. The average Bonchev–Trinajstić information content (AvgIpc) is 2.57. The van der Waals surface area contributed by atoms with Crippen LogP contribution in [0.4, 0.5) is 5.69 Å². The van der Waals surface area contributed by atoms with Crippen LogP contribution in [-0.4, -0.2) is 24.6 Å². The van der Waals surface area contributed by atoms with Gasteiger partial charge in [0.25, 0.3) is 5.91 Å². The maximum absolute atomic E-state index is 12.1. The second-order valence-electron chi connectivity index (χ2n) is 5.00. The van der Waals surface area contributed by atoms with Crippen molar-refractivity contribution in [3.8, 4) is 5.75 Å². The molecule has 5 nitrogen and oxygen atoms in total. The number of halogens is 1. The van der Waals surface area contributed by atoms with Crippen LogP contribution in [0.5, 0.6) is 5.75 Å². The summed E-state index contributed by atoms with van der Waals surface area (Å²) >= 11 is 5.77. The highest BCUT2D eigenvalue weighted by molar-refractivity contribution is 6.30. The first-order valence-electron chi connectivity index (χ1n) is 7.50. The van der Waals surface area contributed by atoms with Crippen LogP contribution in [-0.2, 0) is 9.53 Å². The summed E-state index contributed by atoms with van der Waals surface area (Å²) in [5.74, 6) is -0.278. The zero-order chi connectivity index (χ0) is 17.5. The lowest BCUT2D eigenvalue weighted by Crippen LogP contribution is -2.29. The minimum Gasteiger partial charge on any atom is -0.494 e. The number of benzene rings is 2. The Labute approximate surface area is 145 Å². The Morgan fingerprint density at radius 3 is 2.29 bits per heavy atom. The number of carbonyl (C=O) groups is 2. The van der Waals surface area contributed by atoms with Crippen LogP contribution in [0.1, 0.15) is 24.2 Å². The second-order valence-corrected chi connectivity index (χ2v) is 5.44. The smallest absolute Gasteiger partial charge is 0.338 e. The maximum Gasteiger partial charge on any atom is 0.338 e. The van der Waals surface area contributed by atoms with Crippen molar-refractivity contribution in [2.75, 3.05) is 11.9 Å². The monoisotopic (exact) mass is 347 g/mol. The third-order valence-electron chi connectivity index (χ3n) is 3.17. The van der Waals surface area contributed by atoms with E-state index in [0.29, 0.717) is 22.9 Å². The number of anilines is 1. The van der Waals surface area contributed by atoms with Crippen LogP contribution in [0.25, 0.3) is 0 Å². The second kappa shape index (κ2) is 8.36. The third-order valence-corrected chi connectivity index (χ3v) is 3.42. The van der Waals surface area contributed by atoms with Crippen molar-refractivity contribution in [2.45, 2.75) is 20.0 Å². The summed E-state index contributed by atoms with van der Waals surface area (Å²) in [4.78, 5) is 24.1. The zero-order valence-corrected chi connectivity index (χ0v) is 14.2. The molecule has 24 heavy (non-hydrogen) atoms. The molecule has 0 bridgehead atoms. The lowest BCUT2D eigenvalue weighted by molar-refractivity contribution is -0.123. The van der Waals surface area contributed by atoms with Gasteiger partial charge < -0.3 is 14.8 Å². The number of rotatable bonds is 6. The molecule has 6 heteroatoms. The minimum absolute atomic E-state index is 0.333. The van der Waals surface area contributed by atoms with E-state index in [1.807, 2.05) is 6.92 Å². The molecular weight excluding hydrogens is 330 g/mol. The van der Waals surface area contributed by atoms with Gasteiger partial charge in [0.15, 0.2) is 6.10 Å². The molecule has 1 atom stereocenters. The van der Waals surface area contributed by atoms with Crippen molar-refractivity contribution in [1.82, 2.24) is 0 Å². The van der Waals surface area contributed by atoms with E-state index in [4.69, 9.17) is 21.1 Å². The van der Waals surface area contributed by atoms with Crippen LogP contribution in [0.2, 0.25) is 5.02 Å². The number of hydrogen-bond donors (Lipinski definition) is 1. The summed E-state index contributed by atoms with van der Waals surface area (Å²) in [5, 5.41) is 3.21. The lowest BCUT2D eigenvalue weighted by Gasteiger charge is -2.14. The Morgan fingerprint density at radius 1 is 1.08 bits per heavy atom. The fraction of sp³-hybridized carbons (Fsp3) is 0.222. The molecule has 0 heterocycles. The van der Waals surface area contributed by atoms with Gasteiger partial charge in [0.2, 0.25) is 0 Å². The van der Waals surface area contributed by atoms with Crippen molar-refractivity contribution in [3.05, 3.63) is 59.1 Å². The van der Waals surface area contributed by atoms with E-state index < -0.39 is 18.0 Å². The van der Waals surface area contributed by atoms with Crippen LogP contribution in [0, 0.1) is 0 Å². The van der Waals surface area contributed by atoms with Gasteiger partial charge in [0.1, 0.15) is 5.75 Å². The Bertz CT molecular complexity index is 698. The van der Waals surface area contributed by atoms with Gasteiger partial charge in [-0.3, -0.25) is 4.79 Å². The molecule has 0 aliphatic heterocycles. The van der Waals surface area contributed by atoms with Crippen LogP contribution >= 0.6 is 11.6 Å². The van der Waals surface area contributed by atoms with Crippen molar-refractivity contribution in [2.24, 2.45) is 0 Å². The SMILES string of the molecule is CCOc1ccc(NC(=O)[C@@H](C)OC(=O)c2ccc(Cl)cc2)cc1. The molecule has 0 aliphatic rings. The summed E-state index contributed by atoms with van der Waals surface area (Å²) in [5.41, 5.74) is 0.929. The Kier molecular flexibility index (Phi) is 6.21. The largest absolute Gasteiger partial charge is 0.494 e. The van der Waals surface area contributed by atoms with Crippen molar-refractivity contribution in [1.29, 1.82) is 0 Å². The number of hydrogen-bond acceptors (Lipinski definition) is 4. The highest BCUT2D eigenvalue weighted by Crippen LogP contribution is 2.16.